The van der Waals surface area contributed by atoms with Gasteiger partial charge in [-0.25, -0.2) is 9.78 Å². The van der Waals surface area contributed by atoms with Crippen LogP contribution in [0.1, 0.15) is 39.2 Å². The Kier molecular flexibility index (Phi) is 6.40. The van der Waals surface area contributed by atoms with E-state index in [-0.39, 0.29) is 17.7 Å². The molecule has 0 fully saturated rings. The smallest absolute Gasteiger partial charge is 0.338 e. The molecule has 1 aliphatic heterocycles. The molecule has 0 bridgehead atoms. The number of aromatic nitrogens is 1. The topological polar surface area (TPSA) is 106 Å². The van der Waals surface area contributed by atoms with E-state index >= 15 is 0 Å². The second-order valence-corrected chi connectivity index (χ2v) is 7.44. The summed E-state index contributed by atoms with van der Waals surface area (Å²) in [6, 6.07) is 17.3. The molecule has 8 heteroatoms. The highest BCUT2D eigenvalue weighted by Gasteiger charge is 2.44. The lowest BCUT2D eigenvalue weighted by Gasteiger charge is -2.27. The molecule has 1 unspecified atom stereocenters. The monoisotopic (exact) mass is 458 g/mol. The number of esters is 1. The average Bonchev–Trinajstić information content (AvgIpc) is 3.14. The van der Waals surface area contributed by atoms with Crippen LogP contribution in [-0.4, -0.2) is 41.5 Å². The van der Waals surface area contributed by atoms with E-state index in [1.807, 2.05) is 6.07 Å². The van der Waals surface area contributed by atoms with Gasteiger partial charge < -0.3 is 14.6 Å². The highest BCUT2D eigenvalue weighted by Crippen LogP contribution is 2.41. The molecule has 1 aliphatic rings. The summed E-state index contributed by atoms with van der Waals surface area (Å²) in [4.78, 5) is 44.0. The molecule has 0 saturated carbocycles. The van der Waals surface area contributed by atoms with Crippen LogP contribution in [0.2, 0.25) is 0 Å². The summed E-state index contributed by atoms with van der Waals surface area (Å²) in [7, 11) is 1.46. The van der Waals surface area contributed by atoms with Gasteiger partial charge in [-0.15, -0.1) is 0 Å². The van der Waals surface area contributed by atoms with Crippen LogP contribution in [0.3, 0.4) is 0 Å². The van der Waals surface area contributed by atoms with Crippen LogP contribution >= 0.6 is 0 Å². The number of ether oxygens (including phenoxy) is 2. The molecular weight excluding hydrogens is 436 g/mol. The minimum Gasteiger partial charge on any atom is -0.503 e. The summed E-state index contributed by atoms with van der Waals surface area (Å²) in [6.45, 7) is 1.95. The van der Waals surface area contributed by atoms with Gasteiger partial charge in [0.25, 0.3) is 5.91 Å². The van der Waals surface area contributed by atoms with Crippen molar-refractivity contribution in [1.82, 2.24) is 4.98 Å². The zero-order chi connectivity index (χ0) is 24.2. The molecule has 0 spiro atoms. The number of methoxy groups -OCH3 is 1. The Bertz CT molecular complexity index is 1250. The normalized spacial score (nSPS) is 15.4. The van der Waals surface area contributed by atoms with Gasteiger partial charge in [0.2, 0.25) is 5.88 Å². The molecule has 1 atom stereocenters. The third-order valence-electron chi connectivity index (χ3n) is 5.43. The number of carbonyl (C=O) groups is 3. The number of aliphatic hydroxyl groups is 1. The molecule has 1 N–H and O–H groups in total. The molecule has 4 rings (SSSR count). The third kappa shape index (κ3) is 4.13. The number of nitrogens with zero attached hydrogens (tertiary/aromatic N) is 2. The summed E-state index contributed by atoms with van der Waals surface area (Å²) in [5, 5.41) is 10.8. The highest BCUT2D eigenvalue weighted by atomic mass is 16.5. The molecule has 1 amide bonds. The fraction of sp³-hybridized carbons (Fsp3) is 0.154. The zero-order valence-corrected chi connectivity index (χ0v) is 18.6. The first-order valence-corrected chi connectivity index (χ1v) is 10.6. The van der Waals surface area contributed by atoms with Crippen LogP contribution in [0, 0.1) is 0 Å². The lowest BCUT2D eigenvalue weighted by atomic mass is 9.93. The van der Waals surface area contributed by atoms with Gasteiger partial charge in [0.15, 0.2) is 11.5 Å². The standard InChI is InChI=1S/C26H22N2O6/c1-3-34-26(32)17-9-12-19(13-10-17)28-22(16-7-5-4-6-8-16)21(24(30)25(28)31)23(29)18-11-14-20(33-2)27-15-18/h4-15,22,30H,3H2,1-2H3. The average molecular weight is 458 g/mol. The summed E-state index contributed by atoms with van der Waals surface area (Å²) >= 11 is 0. The van der Waals surface area contributed by atoms with Crippen molar-refractivity contribution in [2.24, 2.45) is 0 Å². The van der Waals surface area contributed by atoms with Gasteiger partial charge in [0, 0.05) is 23.5 Å². The largest absolute Gasteiger partial charge is 0.503 e. The van der Waals surface area contributed by atoms with Crippen molar-refractivity contribution in [1.29, 1.82) is 0 Å². The molecule has 2 heterocycles. The Morgan fingerprint density at radius 3 is 2.26 bits per heavy atom. The maximum absolute atomic E-state index is 13.4. The fourth-order valence-corrected chi connectivity index (χ4v) is 3.82. The first-order chi connectivity index (χ1) is 16.5. The fourth-order valence-electron chi connectivity index (χ4n) is 3.82. The predicted molar refractivity (Wildman–Crippen MR) is 124 cm³/mol. The minimum absolute atomic E-state index is 0.0577. The summed E-state index contributed by atoms with van der Waals surface area (Å²) in [5.74, 6) is -2.03. The Morgan fingerprint density at radius 1 is 1.00 bits per heavy atom. The number of hydrogen-bond acceptors (Lipinski definition) is 7. The Hall–Kier alpha value is -4.46. The molecule has 3 aromatic rings. The van der Waals surface area contributed by atoms with E-state index in [4.69, 9.17) is 9.47 Å². The van der Waals surface area contributed by atoms with Gasteiger partial charge in [0.05, 0.1) is 30.9 Å². The number of carbonyl (C=O) groups excluding carboxylic acids is 3. The van der Waals surface area contributed by atoms with Crippen molar-refractivity contribution in [3.63, 3.8) is 0 Å². The van der Waals surface area contributed by atoms with Crippen molar-refractivity contribution < 1.29 is 29.0 Å². The van der Waals surface area contributed by atoms with Crippen LogP contribution in [0.5, 0.6) is 5.88 Å². The van der Waals surface area contributed by atoms with Gasteiger partial charge in [-0.2, -0.15) is 0 Å². The van der Waals surface area contributed by atoms with Crippen molar-refractivity contribution >= 4 is 23.3 Å². The molecule has 0 saturated heterocycles. The van der Waals surface area contributed by atoms with Crippen molar-refractivity contribution in [3.05, 3.63) is 101 Å². The first-order valence-electron chi connectivity index (χ1n) is 10.6. The molecule has 0 radical (unpaired) electrons. The van der Waals surface area contributed by atoms with Crippen molar-refractivity contribution in [3.8, 4) is 5.88 Å². The van der Waals surface area contributed by atoms with Crippen LogP contribution in [0.4, 0.5) is 5.69 Å². The van der Waals surface area contributed by atoms with Gasteiger partial charge in [0.1, 0.15) is 0 Å². The zero-order valence-electron chi connectivity index (χ0n) is 18.6. The van der Waals surface area contributed by atoms with Crippen LogP contribution in [0.25, 0.3) is 0 Å². The third-order valence-corrected chi connectivity index (χ3v) is 5.43. The van der Waals surface area contributed by atoms with Gasteiger partial charge in [-0.05, 0) is 42.8 Å². The van der Waals surface area contributed by atoms with E-state index < -0.39 is 29.5 Å². The van der Waals surface area contributed by atoms with E-state index in [2.05, 4.69) is 4.98 Å². The molecule has 2 aromatic carbocycles. The predicted octanol–water partition coefficient (Wildman–Crippen LogP) is 4.05. The Balaban J connectivity index is 1.77. The number of aliphatic hydroxyl groups excluding tert-OH is 1. The molecular formula is C26H22N2O6. The van der Waals surface area contributed by atoms with Crippen molar-refractivity contribution in [2.75, 3.05) is 18.6 Å². The highest BCUT2D eigenvalue weighted by molar-refractivity contribution is 6.20. The summed E-state index contributed by atoms with van der Waals surface area (Å²) in [5.41, 5.74) is 1.52. The Labute approximate surface area is 196 Å². The van der Waals surface area contributed by atoms with Crippen LogP contribution in [0.15, 0.2) is 84.3 Å². The quantitative estimate of drug-likeness (QED) is 0.421. The van der Waals surface area contributed by atoms with Gasteiger partial charge in [-0.3, -0.25) is 14.5 Å². The van der Waals surface area contributed by atoms with E-state index in [0.29, 0.717) is 22.7 Å². The Morgan fingerprint density at radius 2 is 1.68 bits per heavy atom. The van der Waals surface area contributed by atoms with E-state index in [0.717, 1.165) is 0 Å². The maximum Gasteiger partial charge on any atom is 0.338 e. The summed E-state index contributed by atoms with van der Waals surface area (Å²) < 4.78 is 10.0. The minimum atomic E-state index is -0.878. The van der Waals surface area contributed by atoms with Crippen molar-refractivity contribution in [2.45, 2.75) is 13.0 Å². The number of benzene rings is 2. The second-order valence-electron chi connectivity index (χ2n) is 7.44. The van der Waals surface area contributed by atoms with Crippen LogP contribution < -0.4 is 9.64 Å². The number of pyridine rings is 1. The SMILES string of the molecule is CCOC(=O)c1ccc(N2C(=O)C(O)=C(C(=O)c3ccc(OC)nc3)C2c2ccccc2)cc1. The number of anilines is 1. The molecule has 34 heavy (non-hydrogen) atoms. The van der Waals surface area contributed by atoms with E-state index in [9.17, 15) is 19.5 Å². The second kappa shape index (κ2) is 9.58. The number of hydrogen-bond donors (Lipinski definition) is 1. The number of Topliss-reactive ketones (excluding diaryl/α,β-unsaturated/α-hetero) is 1. The van der Waals surface area contributed by atoms with Gasteiger partial charge >= 0.3 is 5.97 Å². The van der Waals surface area contributed by atoms with E-state index in [1.165, 1.54) is 42.5 Å². The number of amides is 1. The molecule has 1 aromatic heterocycles. The lowest BCUT2D eigenvalue weighted by Crippen LogP contribution is -2.31. The molecule has 0 aliphatic carbocycles. The first kappa shape index (κ1) is 22.7. The number of ketones is 1. The lowest BCUT2D eigenvalue weighted by molar-refractivity contribution is -0.117. The van der Waals surface area contributed by atoms with E-state index in [1.54, 1.807) is 43.3 Å². The molecule has 8 nitrogen and oxygen atoms in total. The molecule has 172 valence electrons. The van der Waals surface area contributed by atoms with Gasteiger partial charge in [-0.1, -0.05) is 30.3 Å². The maximum atomic E-state index is 13.4. The number of rotatable bonds is 7. The van der Waals surface area contributed by atoms with Crippen LogP contribution in [-0.2, 0) is 9.53 Å². The summed E-state index contributed by atoms with van der Waals surface area (Å²) in [6.07, 6.45) is 1.34.